The molecule has 3 heterocycles. The predicted molar refractivity (Wildman–Crippen MR) is 121 cm³/mol. The van der Waals surface area contributed by atoms with Gasteiger partial charge in [-0.25, -0.2) is 9.98 Å². The minimum Gasteiger partial charge on any atom is -0.457 e. The van der Waals surface area contributed by atoms with E-state index in [1.165, 1.54) is 11.8 Å². The van der Waals surface area contributed by atoms with E-state index in [4.69, 9.17) is 16.0 Å². The van der Waals surface area contributed by atoms with Gasteiger partial charge in [0, 0.05) is 28.9 Å². The van der Waals surface area contributed by atoms with Crippen LogP contribution in [0.15, 0.2) is 73.5 Å². The number of aliphatic imine (C=N–C) groups is 1. The van der Waals surface area contributed by atoms with Crippen molar-refractivity contribution >= 4 is 62.1 Å². The first-order valence-electron chi connectivity index (χ1n) is 8.81. The zero-order valence-corrected chi connectivity index (χ0v) is 18.5. The van der Waals surface area contributed by atoms with Crippen LogP contribution in [0.2, 0.25) is 5.15 Å². The van der Waals surface area contributed by atoms with Gasteiger partial charge in [0.05, 0.1) is 4.91 Å². The lowest BCUT2D eigenvalue weighted by Crippen LogP contribution is -2.28. The number of amidine groups is 1. The van der Waals surface area contributed by atoms with Crippen LogP contribution in [0.25, 0.3) is 17.4 Å². The molecule has 1 aliphatic heterocycles. The SMILES string of the molecule is CCN1C(=O)/C(=C\c2ccc(-c3ccc(Br)cc3)o2)SC1=Nc1cccnc1Cl. The molecule has 5 nitrogen and oxygen atoms in total. The Labute approximate surface area is 185 Å². The molecule has 3 aromatic rings. The fourth-order valence-corrected chi connectivity index (χ4v) is 4.22. The number of amides is 1. The molecule has 1 saturated heterocycles. The van der Waals surface area contributed by atoms with Gasteiger partial charge in [-0.3, -0.25) is 9.69 Å². The van der Waals surface area contributed by atoms with Crippen molar-refractivity contribution in [2.24, 2.45) is 4.99 Å². The van der Waals surface area contributed by atoms with E-state index in [9.17, 15) is 4.79 Å². The highest BCUT2D eigenvalue weighted by Crippen LogP contribution is 2.35. The number of hydrogen-bond acceptors (Lipinski definition) is 5. The number of halogens is 2. The van der Waals surface area contributed by atoms with E-state index in [0.29, 0.717) is 33.2 Å². The second-order valence-electron chi connectivity index (χ2n) is 6.08. The number of carbonyl (C=O) groups excluding carboxylic acids is 1. The third kappa shape index (κ3) is 4.32. The van der Waals surface area contributed by atoms with Crippen molar-refractivity contribution < 1.29 is 9.21 Å². The number of rotatable bonds is 4. The van der Waals surface area contributed by atoms with E-state index < -0.39 is 0 Å². The normalized spacial score (nSPS) is 16.9. The quantitative estimate of drug-likeness (QED) is 0.316. The molecule has 0 bridgehead atoms. The van der Waals surface area contributed by atoms with E-state index in [0.717, 1.165) is 15.8 Å². The van der Waals surface area contributed by atoms with Crippen LogP contribution in [0.5, 0.6) is 0 Å². The summed E-state index contributed by atoms with van der Waals surface area (Å²) in [6, 6.07) is 15.1. The Bertz CT molecular complexity index is 1120. The number of benzene rings is 1. The summed E-state index contributed by atoms with van der Waals surface area (Å²) in [5, 5.41) is 0.866. The molecule has 2 aromatic heterocycles. The predicted octanol–water partition coefficient (Wildman–Crippen LogP) is 6.38. The molecule has 4 rings (SSSR count). The van der Waals surface area contributed by atoms with Crippen molar-refractivity contribution in [2.45, 2.75) is 6.92 Å². The Kier molecular flexibility index (Phi) is 5.89. The molecule has 8 heteroatoms. The largest absolute Gasteiger partial charge is 0.457 e. The Morgan fingerprint density at radius 3 is 2.76 bits per heavy atom. The molecular weight excluding hydrogens is 474 g/mol. The Balaban J connectivity index is 1.62. The standard InChI is InChI=1S/C21H15BrClN3O2S/c1-2-26-20(27)18(29-21(26)25-16-4-3-11-24-19(16)23)12-15-9-10-17(28-15)13-5-7-14(22)8-6-13/h3-12H,2H2,1H3/b18-12+,25-21?. The molecule has 1 aromatic carbocycles. The fraction of sp³-hybridized carbons (Fsp3) is 0.0952. The van der Waals surface area contributed by atoms with Crippen LogP contribution in [0, 0.1) is 0 Å². The van der Waals surface area contributed by atoms with Crippen LogP contribution in [-0.2, 0) is 4.79 Å². The maximum atomic E-state index is 12.8. The number of nitrogens with zero attached hydrogens (tertiary/aromatic N) is 3. The van der Waals surface area contributed by atoms with Gasteiger partial charge in [-0.05, 0) is 55.1 Å². The van der Waals surface area contributed by atoms with Gasteiger partial charge < -0.3 is 4.42 Å². The molecule has 0 unspecified atom stereocenters. The Morgan fingerprint density at radius 2 is 2.03 bits per heavy atom. The number of likely N-dealkylation sites (N-methyl/N-ethyl adjacent to an activating group) is 1. The molecule has 0 aliphatic carbocycles. The summed E-state index contributed by atoms with van der Waals surface area (Å²) >= 11 is 10.8. The lowest BCUT2D eigenvalue weighted by Gasteiger charge is -2.12. The highest BCUT2D eigenvalue weighted by molar-refractivity contribution is 9.10. The van der Waals surface area contributed by atoms with E-state index in [1.54, 1.807) is 29.3 Å². The average molecular weight is 489 g/mol. The minimum absolute atomic E-state index is 0.113. The molecule has 146 valence electrons. The van der Waals surface area contributed by atoms with Crippen molar-refractivity contribution in [3.63, 3.8) is 0 Å². The van der Waals surface area contributed by atoms with Gasteiger partial charge in [-0.2, -0.15) is 0 Å². The minimum atomic E-state index is -0.113. The molecule has 0 atom stereocenters. The van der Waals surface area contributed by atoms with Gasteiger partial charge in [-0.15, -0.1) is 0 Å². The topological polar surface area (TPSA) is 58.7 Å². The summed E-state index contributed by atoms with van der Waals surface area (Å²) in [6.07, 6.45) is 3.34. The first-order chi connectivity index (χ1) is 14.0. The summed E-state index contributed by atoms with van der Waals surface area (Å²) in [6.45, 7) is 2.41. The van der Waals surface area contributed by atoms with Gasteiger partial charge in [0.2, 0.25) is 0 Å². The maximum absolute atomic E-state index is 12.8. The van der Waals surface area contributed by atoms with Gasteiger partial charge >= 0.3 is 0 Å². The highest BCUT2D eigenvalue weighted by atomic mass is 79.9. The number of hydrogen-bond donors (Lipinski definition) is 0. The first kappa shape index (κ1) is 19.9. The van der Waals surface area contributed by atoms with E-state index in [-0.39, 0.29) is 5.91 Å². The van der Waals surface area contributed by atoms with Crippen LogP contribution < -0.4 is 0 Å². The summed E-state index contributed by atoms with van der Waals surface area (Å²) in [4.78, 5) is 23.5. The monoisotopic (exact) mass is 487 g/mol. The third-order valence-electron chi connectivity index (χ3n) is 4.19. The fourth-order valence-electron chi connectivity index (χ4n) is 2.76. The number of thioether (sulfide) groups is 1. The third-order valence-corrected chi connectivity index (χ3v) is 6.02. The molecule has 1 amide bonds. The van der Waals surface area contributed by atoms with Crippen LogP contribution >= 0.6 is 39.3 Å². The van der Waals surface area contributed by atoms with Gasteiger partial charge in [0.1, 0.15) is 17.2 Å². The number of pyridine rings is 1. The van der Waals surface area contributed by atoms with E-state index >= 15 is 0 Å². The zero-order valence-electron chi connectivity index (χ0n) is 15.3. The first-order valence-corrected chi connectivity index (χ1v) is 10.8. The zero-order chi connectivity index (χ0) is 20.4. The molecule has 1 fully saturated rings. The van der Waals surface area contributed by atoms with Crippen LogP contribution in [-0.4, -0.2) is 27.5 Å². The van der Waals surface area contributed by atoms with Gasteiger partial charge in [0.15, 0.2) is 10.3 Å². The van der Waals surface area contributed by atoms with Crippen molar-refractivity contribution in [1.29, 1.82) is 0 Å². The van der Waals surface area contributed by atoms with E-state index in [2.05, 4.69) is 25.9 Å². The molecular formula is C21H15BrClN3O2S. The average Bonchev–Trinajstić information content (AvgIpc) is 3.29. The summed E-state index contributed by atoms with van der Waals surface area (Å²) < 4.78 is 6.92. The molecule has 0 radical (unpaired) electrons. The van der Waals surface area contributed by atoms with Crippen molar-refractivity contribution in [3.8, 4) is 11.3 Å². The van der Waals surface area contributed by atoms with E-state index in [1.807, 2.05) is 43.3 Å². The van der Waals surface area contributed by atoms with Gasteiger partial charge in [-0.1, -0.05) is 39.7 Å². The summed E-state index contributed by atoms with van der Waals surface area (Å²) in [7, 11) is 0. The summed E-state index contributed by atoms with van der Waals surface area (Å²) in [5.41, 5.74) is 1.49. The second-order valence-corrected chi connectivity index (χ2v) is 8.36. The lowest BCUT2D eigenvalue weighted by atomic mass is 10.2. The lowest BCUT2D eigenvalue weighted by molar-refractivity contribution is -0.122. The van der Waals surface area contributed by atoms with Crippen molar-refractivity contribution in [3.05, 3.63) is 75.0 Å². The van der Waals surface area contributed by atoms with Crippen LogP contribution in [0.1, 0.15) is 12.7 Å². The molecule has 1 aliphatic rings. The molecule has 0 saturated carbocycles. The van der Waals surface area contributed by atoms with Crippen LogP contribution in [0.4, 0.5) is 5.69 Å². The number of furan rings is 1. The summed E-state index contributed by atoms with van der Waals surface area (Å²) in [5.74, 6) is 1.23. The molecule has 0 spiro atoms. The number of aromatic nitrogens is 1. The van der Waals surface area contributed by atoms with Crippen LogP contribution in [0.3, 0.4) is 0 Å². The highest BCUT2D eigenvalue weighted by Gasteiger charge is 2.32. The smallest absolute Gasteiger partial charge is 0.266 e. The molecule has 29 heavy (non-hydrogen) atoms. The Morgan fingerprint density at radius 1 is 1.24 bits per heavy atom. The second kappa shape index (κ2) is 8.57. The van der Waals surface area contributed by atoms with Crippen molar-refractivity contribution in [2.75, 3.05) is 6.54 Å². The maximum Gasteiger partial charge on any atom is 0.266 e. The van der Waals surface area contributed by atoms with Gasteiger partial charge in [0.25, 0.3) is 5.91 Å². The number of carbonyl (C=O) groups is 1. The molecule has 0 N–H and O–H groups in total. The Hall–Kier alpha value is -2.35. The van der Waals surface area contributed by atoms with Crippen molar-refractivity contribution in [1.82, 2.24) is 9.88 Å².